The van der Waals surface area contributed by atoms with E-state index in [1.165, 1.54) is 0 Å². The zero-order valence-electron chi connectivity index (χ0n) is 8.01. The molecule has 8 heteroatoms. The number of anilines is 2. The number of H-pyrrole nitrogens is 1. The van der Waals surface area contributed by atoms with Crippen molar-refractivity contribution in [1.82, 2.24) is 25.3 Å². The third kappa shape index (κ3) is 1.16. The van der Waals surface area contributed by atoms with Crippen LogP contribution in [0.25, 0.3) is 22.7 Å². The van der Waals surface area contributed by atoms with E-state index < -0.39 is 0 Å². The molecule has 0 aliphatic heterocycles. The molecule has 5 N–H and O–H groups in total. The van der Waals surface area contributed by atoms with E-state index >= 15 is 0 Å². The minimum absolute atomic E-state index is 0.173. The molecule has 0 aliphatic rings. The Balaban J connectivity index is 2.23. The first-order chi connectivity index (χ1) is 7.74. The standard InChI is InChI=1S/C8H7N7O/c9-4-2-1-3-7(12-4)13-8(11-3)5-6(10)15-16-14-5/h1-2H,(H2,10,15)(H3,9,11,12,13). The second kappa shape index (κ2) is 2.92. The molecule has 0 bridgehead atoms. The average Bonchev–Trinajstić information content (AvgIpc) is 2.82. The van der Waals surface area contributed by atoms with Crippen LogP contribution in [0.5, 0.6) is 0 Å². The van der Waals surface area contributed by atoms with Crippen LogP contribution in [0.3, 0.4) is 0 Å². The molecule has 0 amide bonds. The van der Waals surface area contributed by atoms with Crippen LogP contribution in [0.2, 0.25) is 0 Å². The first kappa shape index (κ1) is 8.65. The zero-order chi connectivity index (χ0) is 11.1. The minimum Gasteiger partial charge on any atom is -0.384 e. The lowest BCUT2D eigenvalue weighted by atomic mass is 10.4. The largest absolute Gasteiger partial charge is 0.384 e. The van der Waals surface area contributed by atoms with Gasteiger partial charge in [0.05, 0.1) is 5.52 Å². The van der Waals surface area contributed by atoms with Crippen LogP contribution in [0.4, 0.5) is 11.6 Å². The van der Waals surface area contributed by atoms with E-state index in [0.29, 0.717) is 23.0 Å². The smallest absolute Gasteiger partial charge is 0.199 e. The number of pyridine rings is 1. The third-order valence-electron chi connectivity index (χ3n) is 2.11. The molecule has 3 aromatic rings. The second-order valence-corrected chi connectivity index (χ2v) is 3.19. The number of fused-ring (bicyclic) bond motifs is 1. The molecule has 0 saturated heterocycles. The van der Waals surface area contributed by atoms with E-state index in [1.807, 2.05) is 0 Å². The van der Waals surface area contributed by atoms with Crippen LogP contribution in [-0.4, -0.2) is 25.3 Å². The van der Waals surface area contributed by atoms with Gasteiger partial charge in [-0.05, 0) is 22.4 Å². The molecule has 0 aromatic carbocycles. The van der Waals surface area contributed by atoms with Gasteiger partial charge in [-0.25, -0.2) is 14.6 Å². The highest BCUT2D eigenvalue weighted by Gasteiger charge is 2.14. The number of nitrogens with zero attached hydrogens (tertiary/aromatic N) is 4. The van der Waals surface area contributed by atoms with Gasteiger partial charge in [-0.2, -0.15) is 0 Å². The predicted octanol–water partition coefficient (Wildman–Crippen LogP) is 0.172. The number of nitrogen functional groups attached to an aromatic ring is 2. The molecule has 3 heterocycles. The second-order valence-electron chi connectivity index (χ2n) is 3.19. The molecule has 0 fully saturated rings. The van der Waals surface area contributed by atoms with Crippen molar-refractivity contribution in [2.45, 2.75) is 0 Å². The Bertz CT molecular complexity index is 655. The number of hydrogen-bond donors (Lipinski definition) is 3. The Morgan fingerprint density at radius 2 is 2.00 bits per heavy atom. The average molecular weight is 217 g/mol. The van der Waals surface area contributed by atoms with Gasteiger partial charge >= 0.3 is 0 Å². The highest BCUT2D eigenvalue weighted by Crippen LogP contribution is 2.21. The van der Waals surface area contributed by atoms with Gasteiger partial charge in [0.2, 0.25) is 0 Å². The summed E-state index contributed by atoms with van der Waals surface area (Å²) in [6.45, 7) is 0. The molecule has 0 saturated carbocycles. The quantitative estimate of drug-likeness (QED) is 0.529. The van der Waals surface area contributed by atoms with E-state index in [1.54, 1.807) is 12.1 Å². The summed E-state index contributed by atoms with van der Waals surface area (Å²) in [5, 5.41) is 7.11. The summed E-state index contributed by atoms with van der Waals surface area (Å²) in [6, 6.07) is 3.45. The number of aromatic amines is 1. The fraction of sp³-hybridized carbons (Fsp3) is 0. The monoisotopic (exact) mass is 217 g/mol. The van der Waals surface area contributed by atoms with E-state index in [9.17, 15) is 0 Å². The molecule has 16 heavy (non-hydrogen) atoms. The van der Waals surface area contributed by atoms with Gasteiger partial charge in [0, 0.05) is 0 Å². The van der Waals surface area contributed by atoms with Crippen LogP contribution < -0.4 is 11.5 Å². The van der Waals surface area contributed by atoms with E-state index in [4.69, 9.17) is 11.5 Å². The summed E-state index contributed by atoms with van der Waals surface area (Å²) >= 11 is 0. The molecule has 8 nitrogen and oxygen atoms in total. The molecule has 0 aliphatic carbocycles. The summed E-state index contributed by atoms with van der Waals surface area (Å²) in [6.07, 6.45) is 0. The Labute approximate surface area is 88.6 Å². The molecule has 0 unspecified atom stereocenters. The van der Waals surface area contributed by atoms with Crippen molar-refractivity contribution in [2.75, 3.05) is 11.5 Å². The molecular weight excluding hydrogens is 210 g/mol. The van der Waals surface area contributed by atoms with E-state index in [2.05, 4.69) is 29.9 Å². The number of rotatable bonds is 1. The number of hydrogen-bond acceptors (Lipinski definition) is 7. The van der Waals surface area contributed by atoms with Crippen LogP contribution in [-0.2, 0) is 0 Å². The van der Waals surface area contributed by atoms with Gasteiger partial charge in [-0.3, -0.25) is 0 Å². The van der Waals surface area contributed by atoms with Crippen LogP contribution in [0, 0.1) is 0 Å². The lowest BCUT2D eigenvalue weighted by Gasteiger charge is -1.88. The van der Waals surface area contributed by atoms with Gasteiger partial charge in [0.15, 0.2) is 23.0 Å². The number of nitrogens with one attached hydrogen (secondary N) is 1. The molecule has 0 radical (unpaired) electrons. The summed E-state index contributed by atoms with van der Waals surface area (Å²) in [5.41, 5.74) is 12.7. The van der Waals surface area contributed by atoms with Crippen molar-refractivity contribution in [2.24, 2.45) is 0 Å². The zero-order valence-corrected chi connectivity index (χ0v) is 8.01. The van der Waals surface area contributed by atoms with E-state index in [0.717, 1.165) is 5.52 Å². The van der Waals surface area contributed by atoms with Crippen molar-refractivity contribution in [3.8, 4) is 11.5 Å². The molecule has 3 aromatic heterocycles. The summed E-state index contributed by atoms with van der Waals surface area (Å²) in [7, 11) is 0. The van der Waals surface area contributed by atoms with Crippen molar-refractivity contribution in [3.05, 3.63) is 12.1 Å². The van der Waals surface area contributed by atoms with Crippen LogP contribution in [0.15, 0.2) is 16.8 Å². The topological polar surface area (TPSA) is 133 Å². The van der Waals surface area contributed by atoms with Crippen molar-refractivity contribution >= 4 is 22.8 Å². The van der Waals surface area contributed by atoms with Gasteiger partial charge in [-0.1, -0.05) is 0 Å². The molecular formula is C8H7N7O. The summed E-state index contributed by atoms with van der Waals surface area (Å²) in [5.74, 6) is 1.02. The highest BCUT2D eigenvalue weighted by molar-refractivity contribution is 5.78. The maximum atomic E-state index is 5.55. The first-order valence-electron chi connectivity index (χ1n) is 4.44. The van der Waals surface area contributed by atoms with Crippen molar-refractivity contribution < 1.29 is 4.63 Å². The maximum Gasteiger partial charge on any atom is 0.199 e. The molecule has 3 rings (SSSR count). The number of aromatic nitrogens is 5. The third-order valence-corrected chi connectivity index (χ3v) is 2.11. The molecule has 0 atom stereocenters. The molecule has 80 valence electrons. The fourth-order valence-corrected chi connectivity index (χ4v) is 1.38. The fourth-order valence-electron chi connectivity index (χ4n) is 1.38. The highest BCUT2D eigenvalue weighted by atomic mass is 16.6. The lowest BCUT2D eigenvalue weighted by Crippen LogP contribution is -1.90. The maximum absolute atomic E-state index is 5.55. The number of nitrogens with two attached hydrogens (primary N) is 2. The first-order valence-corrected chi connectivity index (χ1v) is 4.44. The van der Waals surface area contributed by atoms with Crippen LogP contribution in [0.1, 0.15) is 0 Å². The SMILES string of the molecule is Nc1ccc2[nH]c(-c3nonc3N)nc2n1. The Hall–Kier alpha value is -2.64. The Morgan fingerprint density at radius 3 is 2.75 bits per heavy atom. The summed E-state index contributed by atoms with van der Waals surface area (Å²) < 4.78 is 4.49. The minimum atomic E-state index is 0.173. The Morgan fingerprint density at radius 1 is 1.12 bits per heavy atom. The van der Waals surface area contributed by atoms with Gasteiger partial charge in [0.25, 0.3) is 0 Å². The lowest BCUT2D eigenvalue weighted by molar-refractivity contribution is 0.310. The predicted molar refractivity (Wildman–Crippen MR) is 56.0 cm³/mol. The van der Waals surface area contributed by atoms with Gasteiger partial charge < -0.3 is 16.5 Å². The van der Waals surface area contributed by atoms with Crippen molar-refractivity contribution in [3.63, 3.8) is 0 Å². The Kier molecular flexibility index (Phi) is 1.58. The van der Waals surface area contributed by atoms with Crippen molar-refractivity contribution in [1.29, 1.82) is 0 Å². The van der Waals surface area contributed by atoms with Gasteiger partial charge in [-0.15, -0.1) is 0 Å². The van der Waals surface area contributed by atoms with Gasteiger partial charge in [0.1, 0.15) is 5.82 Å². The van der Waals surface area contributed by atoms with Crippen LogP contribution >= 0.6 is 0 Å². The summed E-state index contributed by atoms with van der Waals surface area (Å²) in [4.78, 5) is 11.2. The molecule has 0 spiro atoms. The normalized spacial score (nSPS) is 11.0. The van der Waals surface area contributed by atoms with E-state index in [-0.39, 0.29) is 5.82 Å². The number of imidazole rings is 1.